The van der Waals surface area contributed by atoms with E-state index in [1.165, 1.54) is 12.4 Å². The quantitative estimate of drug-likeness (QED) is 0.781. The van der Waals surface area contributed by atoms with Crippen LogP contribution in [-0.2, 0) is 6.18 Å². The molecule has 0 fully saturated rings. The van der Waals surface area contributed by atoms with Crippen molar-refractivity contribution >= 4 is 23.2 Å². The van der Waals surface area contributed by atoms with Crippen LogP contribution in [-0.4, -0.2) is 19.5 Å². The zero-order valence-corrected chi connectivity index (χ0v) is 12.2. The molecule has 3 rings (SSSR count). The smallest absolute Gasteiger partial charge is 0.323 e. The summed E-state index contributed by atoms with van der Waals surface area (Å²) in [5.41, 5.74) is -0.754. The molecular formula is C14H9ClF3N5. The molecular weight excluding hydrogens is 331 g/mol. The minimum absolute atomic E-state index is 0.0612. The highest BCUT2D eigenvalue weighted by Gasteiger charge is 2.31. The molecule has 0 aliphatic rings. The average molecular weight is 340 g/mol. The predicted octanol–water partition coefficient (Wildman–Crippen LogP) is 4.08. The molecule has 0 bridgehead atoms. The van der Waals surface area contributed by atoms with Crippen LogP contribution in [0.25, 0.3) is 5.95 Å². The first-order chi connectivity index (χ1) is 10.9. The number of rotatable bonds is 3. The van der Waals surface area contributed by atoms with Crippen molar-refractivity contribution < 1.29 is 13.2 Å². The molecule has 0 saturated carbocycles. The number of halogens is 4. The van der Waals surface area contributed by atoms with Gasteiger partial charge in [0.25, 0.3) is 0 Å². The van der Waals surface area contributed by atoms with E-state index >= 15 is 0 Å². The van der Waals surface area contributed by atoms with Crippen LogP contribution >= 0.6 is 11.6 Å². The van der Waals surface area contributed by atoms with E-state index in [2.05, 4.69) is 20.3 Å². The van der Waals surface area contributed by atoms with E-state index in [1.807, 2.05) is 0 Å². The summed E-state index contributed by atoms with van der Waals surface area (Å²) < 4.78 is 40.0. The SMILES string of the molecule is FC(F)(F)c1ccc(Cl)c(Nc2ncnc(-n3cccc3)n2)c1. The van der Waals surface area contributed by atoms with Crippen molar-refractivity contribution in [2.24, 2.45) is 0 Å². The van der Waals surface area contributed by atoms with Gasteiger partial charge in [-0.25, -0.2) is 9.97 Å². The standard InChI is InChI=1S/C14H9ClF3N5/c15-10-4-3-9(14(16,17)18)7-11(10)21-12-19-8-20-13(22-12)23-5-1-2-6-23/h1-8H,(H,19,20,21,22). The summed E-state index contributed by atoms with van der Waals surface area (Å²) in [6.07, 6.45) is 0.259. The van der Waals surface area contributed by atoms with Crippen molar-refractivity contribution in [3.8, 4) is 5.95 Å². The second kappa shape index (κ2) is 5.88. The van der Waals surface area contributed by atoms with Gasteiger partial charge >= 0.3 is 6.18 Å². The lowest BCUT2D eigenvalue weighted by Crippen LogP contribution is -2.07. The van der Waals surface area contributed by atoms with Crippen molar-refractivity contribution in [1.29, 1.82) is 0 Å². The normalized spacial score (nSPS) is 11.5. The second-order valence-corrected chi connectivity index (χ2v) is 4.92. The van der Waals surface area contributed by atoms with Crippen LogP contribution < -0.4 is 5.32 Å². The Bertz CT molecular complexity index is 818. The van der Waals surface area contributed by atoms with E-state index in [-0.39, 0.29) is 16.7 Å². The predicted molar refractivity (Wildman–Crippen MR) is 78.9 cm³/mol. The van der Waals surface area contributed by atoms with Crippen molar-refractivity contribution in [1.82, 2.24) is 19.5 Å². The fourth-order valence-corrected chi connectivity index (χ4v) is 2.02. The second-order valence-electron chi connectivity index (χ2n) is 4.52. The summed E-state index contributed by atoms with van der Waals surface area (Å²) in [7, 11) is 0. The van der Waals surface area contributed by atoms with Gasteiger partial charge in [-0.15, -0.1) is 0 Å². The van der Waals surface area contributed by atoms with Crippen LogP contribution in [0.3, 0.4) is 0 Å². The van der Waals surface area contributed by atoms with E-state index in [0.717, 1.165) is 12.1 Å². The summed E-state index contributed by atoms with van der Waals surface area (Å²) in [5, 5.41) is 2.81. The minimum atomic E-state index is -4.46. The van der Waals surface area contributed by atoms with Gasteiger partial charge in [0.05, 0.1) is 16.3 Å². The van der Waals surface area contributed by atoms with Crippen molar-refractivity contribution in [2.75, 3.05) is 5.32 Å². The number of benzene rings is 1. The summed E-state index contributed by atoms with van der Waals surface area (Å²) in [6.45, 7) is 0. The van der Waals surface area contributed by atoms with Gasteiger partial charge in [0.15, 0.2) is 0 Å². The van der Waals surface area contributed by atoms with E-state index in [4.69, 9.17) is 11.6 Å². The van der Waals surface area contributed by atoms with Crippen LogP contribution in [0.2, 0.25) is 5.02 Å². The number of nitrogens with one attached hydrogen (secondary N) is 1. The number of anilines is 2. The summed E-state index contributed by atoms with van der Waals surface area (Å²) >= 11 is 5.93. The Labute approximate surface area is 133 Å². The van der Waals surface area contributed by atoms with Gasteiger partial charge in [0.1, 0.15) is 6.33 Å². The molecule has 2 heterocycles. The summed E-state index contributed by atoms with van der Waals surface area (Å²) in [4.78, 5) is 12.0. The van der Waals surface area contributed by atoms with Gasteiger partial charge in [-0.05, 0) is 30.3 Å². The highest BCUT2D eigenvalue weighted by Crippen LogP contribution is 2.34. The van der Waals surface area contributed by atoms with Crippen LogP contribution in [0, 0.1) is 0 Å². The maximum atomic E-state index is 12.8. The van der Waals surface area contributed by atoms with Gasteiger partial charge in [-0.1, -0.05) is 11.6 Å². The lowest BCUT2D eigenvalue weighted by molar-refractivity contribution is -0.137. The highest BCUT2D eigenvalue weighted by molar-refractivity contribution is 6.33. The minimum Gasteiger partial charge on any atom is -0.323 e. The van der Waals surface area contributed by atoms with E-state index in [1.54, 1.807) is 29.1 Å². The Balaban J connectivity index is 1.92. The van der Waals surface area contributed by atoms with Crippen molar-refractivity contribution in [3.05, 3.63) is 59.6 Å². The molecule has 0 unspecified atom stereocenters. The molecule has 0 atom stereocenters. The fourth-order valence-electron chi connectivity index (χ4n) is 1.86. The summed E-state index contributed by atoms with van der Waals surface area (Å²) in [5.74, 6) is 0.417. The van der Waals surface area contributed by atoms with Gasteiger partial charge in [0.2, 0.25) is 11.9 Å². The van der Waals surface area contributed by atoms with Gasteiger partial charge < -0.3 is 5.32 Å². The molecule has 0 aliphatic carbocycles. The van der Waals surface area contributed by atoms with E-state index in [0.29, 0.717) is 5.95 Å². The van der Waals surface area contributed by atoms with E-state index in [9.17, 15) is 13.2 Å². The first kappa shape index (κ1) is 15.3. The largest absolute Gasteiger partial charge is 0.416 e. The molecule has 0 amide bonds. The number of hydrogen-bond donors (Lipinski definition) is 1. The number of hydrogen-bond acceptors (Lipinski definition) is 4. The molecule has 118 valence electrons. The molecule has 0 saturated heterocycles. The lowest BCUT2D eigenvalue weighted by Gasteiger charge is -2.11. The van der Waals surface area contributed by atoms with Crippen LogP contribution in [0.4, 0.5) is 24.8 Å². The zero-order chi connectivity index (χ0) is 16.4. The Hall–Kier alpha value is -2.61. The van der Waals surface area contributed by atoms with Gasteiger partial charge in [0, 0.05) is 12.4 Å². The van der Waals surface area contributed by atoms with Crippen LogP contribution in [0.5, 0.6) is 0 Å². The molecule has 23 heavy (non-hydrogen) atoms. The van der Waals surface area contributed by atoms with Crippen molar-refractivity contribution in [3.63, 3.8) is 0 Å². The Kier molecular flexibility index (Phi) is 3.91. The molecule has 0 radical (unpaired) electrons. The highest BCUT2D eigenvalue weighted by atomic mass is 35.5. The van der Waals surface area contributed by atoms with Crippen LogP contribution in [0.1, 0.15) is 5.56 Å². The third-order valence-corrected chi connectivity index (χ3v) is 3.26. The molecule has 0 spiro atoms. The van der Waals surface area contributed by atoms with Gasteiger partial charge in [-0.3, -0.25) is 4.57 Å². The van der Waals surface area contributed by atoms with Gasteiger partial charge in [-0.2, -0.15) is 18.2 Å². The molecule has 0 aliphatic heterocycles. The number of nitrogens with zero attached hydrogens (tertiary/aromatic N) is 4. The topological polar surface area (TPSA) is 55.6 Å². The third kappa shape index (κ3) is 3.42. The molecule has 1 aromatic carbocycles. The first-order valence-electron chi connectivity index (χ1n) is 6.39. The third-order valence-electron chi connectivity index (χ3n) is 2.93. The zero-order valence-electron chi connectivity index (χ0n) is 11.4. The average Bonchev–Trinajstić information content (AvgIpc) is 3.03. The molecule has 9 heteroatoms. The monoisotopic (exact) mass is 339 g/mol. The number of alkyl halides is 3. The Morgan fingerprint density at radius 3 is 2.52 bits per heavy atom. The molecule has 3 aromatic rings. The maximum absolute atomic E-state index is 12.8. The molecule has 5 nitrogen and oxygen atoms in total. The van der Waals surface area contributed by atoms with E-state index < -0.39 is 11.7 Å². The molecule has 1 N–H and O–H groups in total. The summed E-state index contributed by atoms with van der Waals surface area (Å²) in [6, 6.07) is 6.56. The number of aromatic nitrogens is 4. The lowest BCUT2D eigenvalue weighted by atomic mass is 10.2. The maximum Gasteiger partial charge on any atom is 0.416 e. The first-order valence-corrected chi connectivity index (χ1v) is 6.77. The Morgan fingerprint density at radius 1 is 1.09 bits per heavy atom. The molecule has 2 aromatic heterocycles. The van der Waals surface area contributed by atoms with Crippen molar-refractivity contribution in [2.45, 2.75) is 6.18 Å². The fraction of sp³-hybridized carbons (Fsp3) is 0.0714. The van der Waals surface area contributed by atoms with Crippen LogP contribution in [0.15, 0.2) is 49.1 Å². The Morgan fingerprint density at radius 2 is 1.83 bits per heavy atom.